The second-order valence-electron chi connectivity index (χ2n) is 2.43. The first-order chi connectivity index (χ1) is 6.00. The predicted octanol–water partition coefficient (Wildman–Crippen LogP) is 0.327. The standard InChI is InChI=1S/C6H6N3O4/c1-7-3-5(8(10)11)2-6(4-7)9(12)13/h2-4H,1H3/q+1. The molecule has 68 valence electrons. The summed E-state index contributed by atoms with van der Waals surface area (Å²) in [4.78, 5) is 19.2. The van der Waals surface area contributed by atoms with E-state index in [1.54, 1.807) is 0 Å². The topological polar surface area (TPSA) is 90.2 Å². The van der Waals surface area contributed by atoms with Crippen molar-refractivity contribution in [1.82, 2.24) is 0 Å². The number of rotatable bonds is 2. The van der Waals surface area contributed by atoms with Gasteiger partial charge in [0.15, 0.2) is 0 Å². The van der Waals surface area contributed by atoms with Crippen molar-refractivity contribution < 1.29 is 14.4 Å². The molecule has 7 nitrogen and oxygen atoms in total. The van der Waals surface area contributed by atoms with Crippen molar-refractivity contribution in [2.24, 2.45) is 7.05 Å². The average molecular weight is 184 g/mol. The van der Waals surface area contributed by atoms with Gasteiger partial charge in [-0.1, -0.05) is 0 Å². The first-order valence-corrected chi connectivity index (χ1v) is 3.30. The molecule has 1 aromatic heterocycles. The van der Waals surface area contributed by atoms with E-state index in [2.05, 4.69) is 0 Å². The van der Waals surface area contributed by atoms with Gasteiger partial charge in [-0.15, -0.1) is 0 Å². The number of hydrogen-bond acceptors (Lipinski definition) is 4. The molecule has 0 unspecified atom stereocenters. The third-order valence-corrected chi connectivity index (χ3v) is 1.39. The van der Waals surface area contributed by atoms with Gasteiger partial charge in [-0.2, -0.15) is 4.57 Å². The molecule has 0 radical (unpaired) electrons. The van der Waals surface area contributed by atoms with Gasteiger partial charge in [0.05, 0.1) is 9.85 Å². The lowest BCUT2D eigenvalue weighted by Gasteiger charge is -1.90. The maximum Gasteiger partial charge on any atom is 0.339 e. The molecule has 0 fully saturated rings. The Labute approximate surface area is 72.5 Å². The minimum Gasteiger partial charge on any atom is -0.258 e. The summed E-state index contributed by atoms with van der Waals surface area (Å²) in [7, 11) is 1.49. The molecule has 0 aliphatic carbocycles. The minimum absolute atomic E-state index is 0.295. The Morgan fingerprint density at radius 1 is 1.15 bits per heavy atom. The van der Waals surface area contributed by atoms with Crippen LogP contribution in [0.15, 0.2) is 18.5 Å². The van der Waals surface area contributed by atoms with Crippen LogP contribution in [0.2, 0.25) is 0 Å². The lowest BCUT2D eigenvalue weighted by molar-refractivity contribution is -0.677. The summed E-state index contributed by atoms with van der Waals surface area (Å²) >= 11 is 0. The van der Waals surface area contributed by atoms with Crippen LogP contribution in [0.25, 0.3) is 0 Å². The van der Waals surface area contributed by atoms with Crippen LogP contribution >= 0.6 is 0 Å². The highest BCUT2D eigenvalue weighted by molar-refractivity contribution is 5.35. The highest BCUT2D eigenvalue weighted by Crippen LogP contribution is 2.15. The summed E-state index contributed by atoms with van der Waals surface area (Å²) in [6.45, 7) is 0. The van der Waals surface area contributed by atoms with Crippen LogP contribution < -0.4 is 4.57 Å². The van der Waals surface area contributed by atoms with Crippen LogP contribution in [0.4, 0.5) is 11.4 Å². The molecule has 1 heterocycles. The van der Waals surface area contributed by atoms with E-state index in [1.807, 2.05) is 0 Å². The second-order valence-corrected chi connectivity index (χ2v) is 2.43. The molecule has 7 heteroatoms. The predicted molar refractivity (Wildman–Crippen MR) is 40.9 cm³/mol. The Bertz CT molecular complexity index is 344. The van der Waals surface area contributed by atoms with E-state index in [0.29, 0.717) is 0 Å². The van der Waals surface area contributed by atoms with Gasteiger partial charge in [0.2, 0.25) is 12.4 Å². The van der Waals surface area contributed by atoms with Crippen molar-refractivity contribution in [3.63, 3.8) is 0 Å². The Morgan fingerprint density at radius 2 is 1.54 bits per heavy atom. The largest absolute Gasteiger partial charge is 0.339 e. The lowest BCUT2D eigenvalue weighted by atomic mass is 10.4. The molecule has 0 spiro atoms. The molecule has 0 aliphatic rings. The number of nitrogens with zero attached hydrogens (tertiary/aromatic N) is 3. The van der Waals surface area contributed by atoms with Crippen LogP contribution in [0.1, 0.15) is 0 Å². The van der Waals surface area contributed by atoms with Crippen LogP contribution in [-0.2, 0) is 7.05 Å². The Morgan fingerprint density at radius 3 is 1.85 bits per heavy atom. The third kappa shape index (κ3) is 1.95. The zero-order valence-electron chi connectivity index (χ0n) is 6.71. The van der Waals surface area contributed by atoms with Crippen LogP contribution in [0, 0.1) is 20.2 Å². The van der Waals surface area contributed by atoms with Gasteiger partial charge in [-0.3, -0.25) is 20.2 Å². The Hall–Kier alpha value is -2.05. The van der Waals surface area contributed by atoms with Gasteiger partial charge in [0.1, 0.15) is 13.1 Å². The molecule has 0 saturated heterocycles. The zero-order valence-corrected chi connectivity index (χ0v) is 6.71. The van der Waals surface area contributed by atoms with Gasteiger partial charge >= 0.3 is 11.4 Å². The maximum atomic E-state index is 10.3. The minimum atomic E-state index is -0.674. The fraction of sp³-hybridized carbons (Fsp3) is 0.167. The molecular weight excluding hydrogens is 178 g/mol. The van der Waals surface area contributed by atoms with E-state index in [1.165, 1.54) is 24.0 Å². The molecule has 0 amide bonds. The first kappa shape index (κ1) is 9.04. The van der Waals surface area contributed by atoms with Crippen molar-refractivity contribution >= 4 is 11.4 Å². The van der Waals surface area contributed by atoms with Gasteiger partial charge in [0, 0.05) is 0 Å². The second kappa shape index (κ2) is 3.13. The number of nitro groups is 2. The normalized spacial score (nSPS) is 9.62. The summed E-state index contributed by atoms with van der Waals surface area (Å²) in [5.74, 6) is 0. The number of aryl methyl sites for hydroxylation is 1. The van der Waals surface area contributed by atoms with E-state index in [4.69, 9.17) is 0 Å². The van der Waals surface area contributed by atoms with E-state index in [-0.39, 0.29) is 11.4 Å². The smallest absolute Gasteiger partial charge is 0.258 e. The summed E-state index contributed by atoms with van der Waals surface area (Å²) < 4.78 is 1.27. The van der Waals surface area contributed by atoms with Crippen molar-refractivity contribution in [3.05, 3.63) is 38.7 Å². The summed E-state index contributed by atoms with van der Waals surface area (Å²) in [6, 6.07) is 0.917. The van der Waals surface area contributed by atoms with Crippen molar-refractivity contribution in [2.75, 3.05) is 0 Å². The molecule has 0 aromatic carbocycles. The summed E-state index contributed by atoms with van der Waals surface area (Å²) in [5.41, 5.74) is -0.589. The molecule has 13 heavy (non-hydrogen) atoms. The van der Waals surface area contributed by atoms with Crippen molar-refractivity contribution in [3.8, 4) is 0 Å². The SMILES string of the molecule is C[n+]1cc([N+](=O)[O-])cc([N+](=O)[O-])c1. The van der Waals surface area contributed by atoms with E-state index < -0.39 is 9.85 Å². The monoisotopic (exact) mass is 184 g/mol. The highest BCUT2D eigenvalue weighted by Gasteiger charge is 2.19. The fourth-order valence-electron chi connectivity index (χ4n) is 0.880. The highest BCUT2D eigenvalue weighted by atomic mass is 16.6. The first-order valence-electron chi connectivity index (χ1n) is 3.30. The molecule has 1 rings (SSSR count). The Kier molecular flexibility index (Phi) is 2.18. The number of hydrogen-bond donors (Lipinski definition) is 0. The number of aromatic nitrogens is 1. The molecule has 0 N–H and O–H groups in total. The van der Waals surface area contributed by atoms with Crippen molar-refractivity contribution in [2.45, 2.75) is 0 Å². The molecule has 1 aromatic rings. The quantitative estimate of drug-likeness (QED) is 0.376. The van der Waals surface area contributed by atoms with Gasteiger partial charge in [-0.25, -0.2) is 0 Å². The van der Waals surface area contributed by atoms with E-state index in [9.17, 15) is 20.2 Å². The molecule has 0 atom stereocenters. The molecular formula is C6H6N3O4+. The molecule has 0 saturated carbocycles. The van der Waals surface area contributed by atoms with Crippen LogP contribution in [-0.4, -0.2) is 9.85 Å². The summed E-state index contributed by atoms with van der Waals surface area (Å²) in [6.07, 6.45) is 2.40. The van der Waals surface area contributed by atoms with Gasteiger partial charge in [-0.05, 0) is 0 Å². The molecule has 0 aliphatic heterocycles. The zero-order chi connectivity index (χ0) is 10.0. The summed E-state index contributed by atoms with van der Waals surface area (Å²) in [5, 5.41) is 20.6. The van der Waals surface area contributed by atoms with E-state index in [0.717, 1.165) is 6.07 Å². The van der Waals surface area contributed by atoms with Crippen molar-refractivity contribution in [1.29, 1.82) is 0 Å². The van der Waals surface area contributed by atoms with Crippen LogP contribution in [0.5, 0.6) is 0 Å². The number of pyridine rings is 1. The fourth-order valence-corrected chi connectivity index (χ4v) is 0.880. The van der Waals surface area contributed by atoms with Gasteiger partial charge in [0.25, 0.3) is 0 Å². The van der Waals surface area contributed by atoms with Gasteiger partial charge < -0.3 is 0 Å². The maximum absolute atomic E-state index is 10.3. The Balaban J connectivity index is 3.26. The average Bonchev–Trinajstić information content (AvgIpc) is 2.03. The third-order valence-electron chi connectivity index (χ3n) is 1.39. The lowest BCUT2D eigenvalue weighted by Crippen LogP contribution is -2.27. The van der Waals surface area contributed by atoms with Crippen LogP contribution in [0.3, 0.4) is 0 Å². The molecule has 0 bridgehead atoms. The van der Waals surface area contributed by atoms with E-state index >= 15 is 0 Å².